The first kappa shape index (κ1) is 23.0. The fourth-order valence-electron chi connectivity index (χ4n) is 3.98. The molecule has 1 aromatic heterocycles. The van der Waals surface area contributed by atoms with Crippen LogP contribution in [0.4, 0.5) is 22.0 Å². The van der Waals surface area contributed by atoms with Crippen LogP contribution >= 0.6 is 23.4 Å². The first-order valence-corrected chi connectivity index (χ1v) is 10.8. The van der Waals surface area contributed by atoms with E-state index in [1.165, 1.54) is 18.3 Å². The number of pyridine rings is 1. The van der Waals surface area contributed by atoms with Crippen LogP contribution in [0.5, 0.6) is 0 Å². The predicted octanol–water partition coefficient (Wildman–Crippen LogP) is 5.48. The molecule has 2 aliphatic rings. The van der Waals surface area contributed by atoms with Crippen molar-refractivity contribution in [3.63, 3.8) is 0 Å². The van der Waals surface area contributed by atoms with Crippen LogP contribution in [0.2, 0.25) is 5.02 Å². The van der Waals surface area contributed by atoms with Crippen LogP contribution in [0.15, 0.2) is 35.5 Å². The van der Waals surface area contributed by atoms with Crippen LogP contribution < -0.4 is 5.73 Å². The van der Waals surface area contributed by atoms with Gasteiger partial charge in [0.2, 0.25) is 0 Å². The van der Waals surface area contributed by atoms with Gasteiger partial charge < -0.3 is 10.5 Å². The quantitative estimate of drug-likeness (QED) is 0.580. The highest BCUT2D eigenvalue weighted by Crippen LogP contribution is 2.51. The summed E-state index contributed by atoms with van der Waals surface area (Å²) in [5.41, 5.74) is 4.84. The molecule has 0 spiro atoms. The third kappa shape index (κ3) is 4.11. The number of halogens is 6. The van der Waals surface area contributed by atoms with E-state index in [-0.39, 0.29) is 32.8 Å². The molecule has 11 heteroatoms. The summed E-state index contributed by atoms with van der Waals surface area (Å²) in [4.78, 5) is 8.18. The number of nitrogens with zero attached hydrogens (tertiary/aromatic N) is 2. The molecular weight excluding hydrogens is 473 g/mol. The Morgan fingerprint density at radius 3 is 2.78 bits per heavy atom. The monoisotopic (exact) mass is 489 g/mol. The second-order valence-corrected chi connectivity index (χ2v) is 9.09. The molecule has 2 aromatic rings. The van der Waals surface area contributed by atoms with Gasteiger partial charge in [-0.3, -0.25) is 4.98 Å². The second-order valence-electron chi connectivity index (χ2n) is 7.64. The van der Waals surface area contributed by atoms with Gasteiger partial charge in [-0.15, -0.1) is 0 Å². The molecule has 32 heavy (non-hydrogen) atoms. The van der Waals surface area contributed by atoms with Gasteiger partial charge in [0, 0.05) is 23.4 Å². The average Bonchev–Trinajstić information content (AvgIpc) is 3.09. The number of amidine groups is 1. The number of fused-ring (bicyclic) bond motifs is 1. The van der Waals surface area contributed by atoms with E-state index in [0.717, 1.165) is 29.5 Å². The summed E-state index contributed by atoms with van der Waals surface area (Å²) in [6, 6.07) is 5.16. The normalized spacial score (nSPS) is 26.1. The first-order valence-electron chi connectivity index (χ1n) is 9.47. The Kier molecular flexibility index (Phi) is 5.98. The molecule has 0 bridgehead atoms. The van der Waals surface area contributed by atoms with Crippen LogP contribution in [-0.2, 0) is 10.3 Å². The molecule has 2 N–H and O–H groups in total. The molecule has 0 saturated carbocycles. The molecule has 170 valence electrons. The Labute approximate surface area is 189 Å². The summed E-state index contributed by atoms with van der Waals surface area (Å²) in [5.74, 6) is -2.80. The van der Waals surface area contributed by atoms with Crippen LogP contribution in [0.1, 0.15) is 22.4 Å². The number of hydrogen-bond donors (Lipinski definition) is 1. The highest BCUT2D eigenvalue weighted by Gasteiger charge is 2.61. The lowest BCUT2D eigenvalue weighted by Crippen LogP contribution is -2.46. The number of thioether (sulfide) groups is 1. The maximum absolute atomic E-state index is 14.9. The number of nitrogens with two attached hydrogens (primary N) is 1. The smallest absolute Gasteiger partial charge is 0.379 e. The third-order valence-electron chi connectivity index (χ3n) is 5.46. The van der Waals surface area contributed by atoms with Gasteiger partial charge >= 0.3 is 6.18 Å². The Hall–Kier alpha value is -2.17. The summed E-state index contributed by atoms with van der Waals surface area (Å²) in [7, 11) is 0. The predicted molar refractivity (Wildman–Crippen MR) is 114 cm³/mol. The number of rotatable bonds is 3. The largest absolute Gasteiger partial charge is 0.415 e. The van der Waals surface area contributed by atoms with E-state index in [4.69, 9.17) is 22.1 Å². The number of aryl methyl sites for hydroxylation is 1. The lowest BCUT2D eigenvalue weighted by atomic mass is 9.78. The molecule has 0 unspecified atom stereocenters. The number of ether oxygens (including phenoxy) is 1. The fourth-order valence-corrected chi connectivity index (χ4v) is 5.32. The standard InChI is InChI=1S/C21H17ClF5N3OS/c1-10-4-14(22)17(29-7-10)16(24)6-11-2-3-15(23)12(5-11)20-9-31-18(21(25,26)27)13(20)8-32-19(28)30-20/h2-7,13,18H,8-9H2,1H3,(H2,28,30)/b16-6-/t13-,18+,20-/m1/s1. The van der Waals surface area contributed by atoms with Crippen LogP contribution in [-0.4, -0.2) is 34.8 Å². The molecule has 0 radical (unpaired) electrons. The van der Waals surface area contributed by atoms with Crippen molar-refractivity contribution in [1.82, 2.24) is 4.98 Å². The molecule has 4 nitrogen and oxygen atoms in total. The summed E-state index contributed by atoms with van der Waals surface area (Å²) < 4.78 is 75.4. The third-order valence-corrected chi connectivity index (χ3v) is 6.66. The zero-order valence-corrected chi connectivity index (χ0v) is 18.2. The first-order chi connectivity index (χ1) is 15.0. The summed E-state index contributed by atoms with van der Waals surface area (Å²) in [6.07, 6.45) is -4.24. The Bertz CT molecular complexity index is 1120. The Balaban J connectivity index is 1.79. The van der Waals surface area contributed by atoms with E-state index in [2.05, 4.69) is 9.98 Å². The molecule has 4 rings (SSSR count). The fraction of sp³-hybridized carbons (Fsp3) is 0.333. The second kappa shape index (κ2) is 8.31. The molecular formula is C21H17ClF5N3OS. The number of aliphatic imine (C=N–C) groups is 1. The van der Waals surface area contributed by atoms with Crippen molar-refractivity contribution in [2.24, 2.45) is 16.6 Å². The van der Waals surface area contributed by atoms with Gasteiger partial charge in [0.1, 0.15) is 17.1 Å². The number of benzene rings is 1. The van der Waals surface area contributed by atoms with Crippen molar-refractivity contribution >= 4 is 40.4 Å². The summed E-state index contributed by atoms with van der Waals surface area (Å²) in [5, 5.41) is 0.133. The Morgan fingerprint density at radius 2 is 2.09 bits per heavy atom. The van der Waals surface area contributed by atoms with E-state index in [0.29, 0.717) is 0 Å². The zero-order chi connectivity index (χ0) is 23.3. The average molecular weight is 490 g/mol. The van der Waals surface area contributed by atoms with Crippen molar-refractivity contribution in [2.75, 3.05) is 12.4 Å². The van der Waals surface area contributed by atoms with E-state index >= 15 is 0 Å². The Morgan fingerprint density at radius 1 is 1.34 bits per heavy atom. The number of alkyl halides is 3. The van der Waals surface area contributed by atoms with Crippen LogP contribution in [0.3, 0.4) is 0 Å². The molecule has 1 saturated heterocycles. The molecule has 1 aromatic carbocycles. The van der Waals surface area contributed by atoms with Gasteiger partial charge in [0.05, 0.1) is 11.6 Å². The minimum absolute atomic E-state index is 0.0369. The van der Waals surface area contributed by atoms with E-state index < -0.39 is 42.0 Å². The summed E-state index contributed by atoms with van der Waals surface area (Å²) in [6.45, 7) is 1.25. The van der Waals surface area contributed by atoms with Gasteiger partial charge in [0.25, 0.3) is 0 Å². The van der Waals surface area contributed by atoms with Gasteiger partial charge in [-0.2, -0.15) is 13.2 Å². The van der Waals surface area contributed by atoms with Gasteiger partial charge in [-0.25, -0.2) is 13.8 Å². The minimum atomic E-state index is -4.65. The number of hydrogen-bond acceptors (Lipinski definition) is 5. The van der Waals surface area contributed by atoms with Gasteiger partial charge in [-0.05, 0) is 42.3 Å². The van der Waals surface area contributed by atoms with Crippen LogP contribution in [0, 0.1) is 18.7 Å². The van der Waals surface area contributed by atoms with Crippen molar-refractivity contribution in [3.05, 3.63) is 63.7 Å². The van der Waals surface area contributed by atoms with Crippen molar-refractivity contribution in [2.45, 2.75) is 24.7 Å². The highest BCUT2D eigenvalue weighted by molar-refractivity contribution is 8.13. The minimum Gasteiger partial charge on any atom is -0.379 e. The SMILES string of the molecule is Cc1cnc(/C(F)=C/c2ccc(F)c([C@]34CO[C@H](C(F)(F)F)[C@H]3CSC(N)=N4)c2)c(Cl)c1. The summed E-state index contributed by atoms with van der Waals surface area (Å²) >= 11 is 7.01. The maximum atomic E-state index is 14.9. The molecule has 1 fully saturated rings. The highest BCUT2D eigenvalue weighted by atomic mass is 35.5. The zero-order valence-electron chi connectivity index (χ0n) is 16.6. The van der Waals surface area contributed by atoms with Crippen LogP contribution in [0.25, 0.3) is 11.9 Å². The van der Waals surface area contributed by atoms with E-state index in [9.17, 15) is 22.0 Å². The number of aromatic nitrogens is 1. The molecule has 3 heterocycles. The molecule has 0 amide bonds. The molecule has 3 atom stereocenters. The van der Waals surface area contributed by atoms with Crippen molar-refractivity contribution < 1.29 is 26.7 Å². The molecule has 0 aliphatic carbocycles. The van der Waals surface area contributed by atoms with Crippen molar-refractivity contribution in [1.29, 1.82) is 0 Å². The lowest BCUT2D eigenvalue weighted by Gasteiger charge is -2.36. The van der Waals surface area contributed by atoms with E-state index in [1.807, 2.05) is 0 Å². The van der Waals surface area contributed by atoms with Gasteiger partial charge in [0.15, 0.2) is 17.1 Å². The van der Waals surface area contributed by atoms with Gasteiger partial charge in [-0.1, -0.05) is 29.4 Å². The lowest BCUT2D eigenvalue weighted by molar-refractivity contribution is -0.215. The topological polar surface area (TPSA) is 60.5 Å². The van der Waals surface area contributed by atoms with E-state index in [1.54, 1.807) is 13.0 Å². The molecule has 2 aliphatic heterocycles. The van der Waals surface area contributed by atoms with Crippen molar-refractivity contribution in [3.8, 4) is 0 Å². The maximum Gasteiger partial charge on any atom is 0.415 e.